The smallest absolute Gasteiger partial charge is 0.284 e. The van der Waals surface area contributed by atoms with Crippen LogP contribution in [0.25, 0.3) is 33.9 Å². The van der Waals surface area contributed by atoms with E-state index >= 15 is 0 Å². The minimum absolute atomic E-state index is 0.00529. The van der Waals surface area contributed by atoms with Gasteiger partial charge in [-0.2, -0.15) is 0 Å². The Hall–Kier alpha value is -2.29. The second-order valence-corrected chi connectivity index (χ2v) is 8.93. The average Bonchev–Trinajstić information content (AvgIpc) is 3.14. The summed E-state index contributed by atoms with van der Waals surface area (Å²) in [5.74, 6) is 0.566. The van der Waals surface area contributed by atoms with Gasteiger partial charge in [0.25, 0.3) is 5.69 Å². The molecule has 0 amide bonds. The van der Waals surface area contributed by atoms with Crippen LogP contribution in [0, 0.1) is 10.1 Å². The van der Waals surface area contributed by atoms with Crippen molar-refractivity contribution >= 4 is 53.5 Å². The lowest BCUT2D eigenvalue weighted by molar-refractivity contribution is -0.385. The largest absolute Gasteiger partial charge is 0.337 e. The highest BCUT2D eigenvalue weighted by Crippen LogP contribution is 2.36. The van der Waals surface area contributed by atoms with Crippen molar-refractivity contribution in [1.29, 1.82) is 0 Å². The van der Waals surface area contributed by atoms with Crippen molar-refractivity contribution in [1.82, 2.24) is 9.97 Å². The van der Waals surface area contributed by atoms with E-state index in [1.807, 2.05) is 48.5 Å². The molecule has 1 aromatic heterocycles. The Balaban J connectivity index is 1.90. The van der Waals surface area contributed by atoms with Gasteiger partial charge in [-0.05, 0) is 52.3 Å². The summed E-state index contributed by atoms with van der Waals surface area (Å²) in [7, 11) is 0. The zero-order valence-corrected chi connectivity index (χ0v) is 19.5. The van der Waals surface area contributed by atoms with Crippen LogP contribution in [-0.2, 0) is 0 Å². The maximum atomic E-state index is 11.3. The molecular weight excluding hydrogens is 566 g/mol. The fourth-order valence-corrected chi connectivity index (χ4v) is 3.87. The van der Waals surface area contributed by atoms with Gasteiger partial charge in [0.05, 0.1) is 20.8 Å². The third-order valence-electron chi connectivity index (χ3n) is 4.37. The Labute approximate surface area is 191 Å². The number of halogens is 3. The number of benzene rings is 3. The standard InChI is InChI=1S/C21H12Br3N3O2/c22-15-6-1-12(2-7-15)19-20(13-3-8-16(23)9-4-13)26-21(25-19)14-5-10-17(24)18(11-14)27(28)29/h1-11H,(H,25,26). The molecule has 0 aliphatic carbocycles. The average molecular weight is 578 g/mol. The second-order valence-electron chi connectivity index (χ2n) is 6.25. The Kier molecular flexibility index (Phi) is 5.67. The first kappa shape index (κ1) is 20.0. The summed E-state index contributed by atoms with van der Waals surface area (Å²) in [6, 6.07) is 20.8. The van der Waals surface area contributed by atoms with Gasteiger partial charge in [-0.15, -0.1) is 0 Å². The molecule has 1 heterocycles. The number of nitro groups is 1. The van der Waals surface area contributed by atoms with E-state index in [0.29, 0.717) is 15.9 Å². The lowest BCUT2D eigenvalue weighted by Gasteiger charge is -2.04. The fourth-order valence-electron chi connectivity index (χ4n) is 2.95. The van der Waals surface area contributed by atoms with Gasteiger partial charge in [-0.25, -0.2) is 4.98 Å². The van der Waals surface area contributed by atoms with Crippen molar-refractivity contribution in [3.05, 3.63) is 90.3 Å². The lowest BCUT2D eigenvalue weighted by atomic mass is 10.1. The van der Waals surface area contributed by atoms with Gasteiger partial charge in [-0.1, -0.05) is 56.1 Å². The lowest BCUT2D eigenvalue weighted by Crippen LogP contribution is -1.91. The third-order valence-corrected chi connectivity index (χ3v) is 6.10. The Bertz CT molecular complexity index is 1140. The highest BCUT2D eigenvalue weighted by Gasteiger charge is 2.18. The number of aromatic amines is 1. The SMILES string of the molecule is O=[N+]([O-])c1cc(-c2nc(-c3ccc(Br)cc3)c(-c3ccc(Br)cc3)[nH]2)ccc1Br. The van der Waals surface area contributed by atoms with E-state index < -0.39 is 4.92 Å². The van der Waals surface area contributed by atoms with Crippen LogP contribution >= 0.6 is 47.8 Å². The Morgan fingerprint density at radius 1 is 0.793 bits per heavy atom. The third kappa shape index (κ3) is 4.19. The minimum Gasteiger partial charge on any atom is -0.337 e. The van der Waals surface area contributed by atoms with Gasteiger partial charge < -0.3 is 4.98 Å². The molecule has 0 aliphatic rings. The molecule has 0 atom stereocenters. The number of hydrogen-bond donors (Lipinski definition) is 1. The quantitative estimate of drug-likeness (QED) is 0.200. The van der Waals surface area contributed by atoms with Crippen molar-refractivity contribution in [2.24, 2.45) is 0 Å². The normalized spacial score (nSPS) is 10.9. The molecule has 0 saturated carbocycles. The number of nitrogens with one attached hydrogen (secondary N) is 1. The first-order chi connectivity index (χ1) is 13.9. The van der Waals surface area contributed by atoms with E-state index in [1.165, 1.54) is 6.07 Å². The molecule has 1 N–H and O–H groups in total. The van der Waals surface area contributed by atoms with E-state index in [-0.39, 0.29) is 5.69 Å². The van der Waals surface area contributed by atoms with Gasteiger partial charge in [0.15, 0.2) is 0 Å². The van der Waals surface area contributed by atoms with Gasteiger partial charge in [0.1, 0.15) is 5.82 Å². The summed E-state index contributed by atoms with van der Waals surface area (Å²) >= 11 is 10.1. The summed E-state index contributed by atoms with van der Waals surface area (Å²) in [6.07, 6.45) is 0. The van der Waals surface area contributed by atoms with Crippen LogP contribution in [0.15, 0.2) is 80.1 Å². The van der Waals surface area contributed by atoms with Crippen molar-refractivity contribution in [3.8, 4) is 33.9 Å². The fraction of sp³-hybridized carbons (Fsp3) is 0. The second kappa shape index (κ2) is 8.22. The molecule has 0 spiro atoms. The van der Waals surface area contributed by atoms with E-state index in [1.54, 1.807) is 12.1 Å². The molecule has 4 rings (SSSR count). The molecule has 3 aromatic carbocycles. The van der Waals surface area contributed by atoms with Crippen molar-refractivity contribution in [3.63, 3.8) is 0 Å². The number of nitro benzene ring substituents is 1. The monoisotopic (exact) mass is 575 g/mol. The van der Waals surface area contributed by atoms with Gasteiger partial charge in [0.2, 0.25) is 0 Å². The maximum Gasteiger partial charge on any atom is 0.284 e. The number of rotatable bonds is 4. The van der Waals surface area contributed by atoms with E-state index in [2.05, 4.69) is 52.8 Å². The maximum absolute atomic E-state index is 11.3. The molecule has 0 aliphatic heterocycles. The van der Waals surface area contributed by atoms with E-state index in [4.69, 9.17) is 4.98 Å². The number of nitrogens with zero attached hydrogens (tertiary/aromatic N) is 2. The number of imidazole rings is 1. The highest BCUT2D eigenvalue weighted by molar-refractivity contribution is 9.11. The molecule has 5 nitrogen and oxygen atoms in total. The summed E-state index contributed by atoms with van der Waals surface area (Å²) in [5.41, 5.74) is 4.17. The molecule has 0 radical (unpaired) electrons. The van der Waals surface area contributed by atoms with Crippen LogP contribution in [0.4, 0.5) is 5.69 Å². The van der Waals surface area contributed by atoms with Crippen LogP contribution < -0.4 is 0 Å². The van der Waals surface area contributed by atoms with Gasteiger partial charge in [-0.3, -0.25) is 10.1 Å². The number of H-pyrrole nitrogens is 1. The Morgan fingerprint density at radius 3 is 1.93 bits per heavy atom. The topological polar surface area (TPSA) is 71.8 Å². The molecule has 4 aromatic rings. The number of aromatic nitrogens is 2. The molecule has 0 fully saturated rings. The van der Waals surface area contributed by atoms with Crippen LogP contribution in [0.3, 0.4) is 0 Å². The van der Waals surface area contributed by atoms with Crippen molar-refractivity contribution in [2.45, 2.75) is 0 Å². The summed E-state index contributed by atoms with van der Waals surface area (Å²) in [5, 5.41) is 11.3. The van der Waals surface area contributed by atoms with Crippen molar-refractivity contribution < 1.29 is 4.92 Å². The predicted octanol–water partition coefficient (Wildman–Crippen LogP) is 7.61. The highest BCUT2D eigenvalue weighted by atomic mass is 79.9. The molecule has 0 bridgehead atoms. The summed E-state index contributed by atoms with van der Waals surface area (Å²) in [4.78, 5) is 19.1. The minimum atomic E-state index is -0.415. The van der Waals surface area contributed by atoms with E-state index in [9.17, 15) is 10.1 Å². The summed E-state index contributed by atoms with van der Waals surface area (Å²) < 4.78 is 2.39. The molecule has 144 valence electrons. The molecule has 0 unspecified atom stereocenters. The molecule has 8 heteroatoms. The first-order valence-corrected chi connectivity index (χ1v) is 10.9. The van der Waals surface area contributed by atoms with Gasteiger partial charge >= 0.3 is 0 Å². The van der Waals surface area contributed by atoms with Crippen LogP contribution in [-0.4, -0.2) is 14.9 Å². The molecule has 0 saturated heterocycles. The van der Waals surface area contributed by atoms with Crippen LogP contribution in [0.2, 0.25) is 0 Å². The first-order valence-electron chi connectivity index (χ1n) is 8.48. The zero-order valence-electron chi connectivity index (χ0n) is 14.7. The number of hydrogen-bond acceptors (Lipinski definition) is 3. The van der Waals surface area contributed by atoms with Crippen LogP contribution in [0.5, 0.6) is 0 Å². The Morgan fingerprint density at radius 2 is 1.34 bits per heavy atom. The molecule has 29 heavy (non-hydrogen) atoms. The van der Waals surface area contributed by atoms with Gasteiger partial charge in [0, 0.05) is 31.7 Å². The zero-order chi connectivity index (χ0) is 20.5. The molecular formula is C21H12Br3N3O2. The van der Waals surface area contributed by atoms with E-state index in [0.717, 1.165) is 31.5 Å². The van der Waals surface area contributed by atoms with Crippen LogP contribution in [0.1, 0.15) is 0 Å². The predicted molar refractivity (Wildman–Crippen MR) is 125 cm³/mol. The van der Waals surface area contributed by atoms with Crippen molar-refractivity contribution in [2.75, 3.05) is 0 Å². The summed E-state index contributed by atoms with van der Waals surface area (Å²) in [6.45, 7) is 0.